The highest BCUT2D eigenvalue weighted by molar-refractivity contribution is 5.24. The maximum absolute atomic E-state index is 13.3. The molecule has 1 aromatic heterocycles. The van der Waals surface area contributed by atoms with Crippen LogP contribution < -0.4 is 5.32 Å². The molecule has 0 radical (unpaired) electrons. The normalized spacial score (nSPS) is 21.4. The Morgan fingerprint density at radius 3 is 3.10 bits per heavy atom. The predicted octanol–water partition coefficient (Wildman–Crippen LogP) is 1.94. The Hall–Kier alpha value is -1.79. The van der Waals surface area contributed by atoms with Gasteiger partial charge < -0.3 is 9.84 Å². The summed E-state index contributed by atoms with van der Waals surface area (Å²) >= 11 is 0. The van der Waals surface area contributed by atoms with Crippen LogP contribution >= 0.6 is 0 Å². The zero-order valence-corrected chi connectivity index (χ0v) is 12.2. The lowest BCUT2D eigenvalue weighted by atomic mass is 10.0. The molecular formula is C15H19FN4O. The van der Waals surface area contributed by atoms with Crippen LogP contribution in [-0.4, -0.2) is 41.7 Å². The molecule has 112 valence electrons. The molecule has 0 saturated carbocycles. The average Bonchev–Trinajstić information content (AvgIpc) is 2.96. The number of hydrogen-bond donors (Lipinski definition) is 1. The van der Waals surface area contributed by atoms with Crippen molar-refractivity contribution in [2.75, 3.05) is 26.7 Å². The van der Waals surface area contributed by atoms with Crippen molar-refractivity contribution in [3.8, 4) is 0 Å². The van der Waals surface area contributed by atoms with Gasteiger partial charge in [-0.25, -0.2) is 4.39 Å². The highest BCUT2D eigenvalue weighted by atomic mass is 19.1. The van der Waals surface area contributed by atoms with Gasteiger partial charge in [-0.05, 0) is 31.7 Å². The molecular weight excluding hydrogens is 271 g/mol. The summed E-state index contributed by atoms with van der Waals surface area (Å²) in [6.07, 6.45) is 0. The van der Waals surface area contributed by atoms with E-state index < -0.39 is 0 Å². The van der Waals surface area contributed by atoms with Gasteiger partial charge in [0.15, 0.2) is 5.82 Å². The van der Waals surface area contributed by atoms with Crippen molar-refractivity contribution in [3.63, 3.8) is 0 Å². The largest absolute Gasteiger partial charge is 0.339 e. The smallest absolute Gasteiger partial charge is 0.233 e. The highest BCUT2D eigenvalue weighted by Crippen LogP contribution is 2.25. The van der Waals surface area contributed by atoms with Gasteiger partial charge in [0, 0.05) is 19.6 Å². The molecule has 6 heteroatoms. The quantitative estimate of drug-likeness (QED) is 0.936. The molecule has 1 saturated heterocycles. The van der Waals surface area contributed by atoms with Crippen LogP contribution in [0.15, 0.2) is 28.8 Å². The second-order valence-corrected chi connectivity index (χ2v) is 5.47. The topological polar surface area (TPSA) is 54.2 Å². The molecule has 2 atom stereocenters. The maximum Gasteiger partial charge on any atom is 0.233 e. The first-order valence-corrected chi connectivity index (χ1v) is 7.15. The predicted molar refractivity (Wildman–Crippen MR) is 76.5 cm³/mol. The minimum absolute atomic E-state index is 0.121. The van der Waals surface area contributed by atoms with E-state index in [-0.39, 0.29) is 17.8 Å². The van der Waals surface area contributed by atoms with Crippen LogP contribution in [0.3, 0.4) is 0 Å². The van der Waals surface area contributed by atoms with Crippen molar-refractivity contribution in [2.24, 2.45) is 0 Å². The minimum Gasteiger partial charge on any atom is -0.339 e. The van der Waals surface area contributed by atoms with Crippen LogP contribution in [-0.2, 0) is 0 Å². The first-order valence-electron chi connectivity index (χ1n) is 7.15. The lowest BCUT2D eigenvalue weighted by molar-refractivity contribution is 0.190. The van der Waals surface area contributed by atoms with E-state index in [4.69, 9.17) is 4.52 Å². The van der Waals surface area contributed by atoms with Gasteiger partial charge in [0.1, 0.15) is 5.82 Å². The zero-order chi connectivity index (χ0) is 14.8. The first kappa shape index (κ1) is 14.2. The van der Waals surface area contributed by atoms with E-state index in [9.17, 15) is 4.39 Å². The standard InChI is InChI=1S/C15H19FN4O/c1-10(11-4-3-5-12(16)8-11)15-18-14(19-21-15)13-9-17-6-7-20(13)2/h3-5,8,10,13,17H,6-7,9H2,1-2H3. The molecule has 1 aliphatic heterocycles. The van der Waals surface area contributed by atoms with Crippen LogP contribution in [0.25, 0.3) is 0 Å². The number of nitrogens with one attached hydrogen (secondary N) is 1. The van der Waals surface area contributed by atoms with Crippen molar-refractivity contribution in [2.45, 2.75) is 18.9 Å². The average molecular weight is 290 g/mol. The molecule has 1 aromatic carbocycles. The van der Waals surface area contributed by atoms with Crippen molar-refractivity contribution in [1.82, 2.24) is 20.4 Å². The number of likely N-dealkylation sites (N-methyl/N-ethyl adjacent to an activating group) is 1. The fourth-order valence-corrected chi connectivity index (χ4v) is 2.57. The van der Waals surface area contributed by atoms with Gasteiger partial charge in [0.25, 0.3) is 0 Å². The van der Waals surface area contributed by atoms with Gasteiger partial charge in [-0.1, -0.05) is 17.3 Å². The summed E-state index contributed by atoms with van der Waals surface area (Å²) in [4.78, 5) is 6.71. The Kier molecular flexibility index (Phi) is 3.98. The summed E-state index contributed by atoms with van der Waals surface area (Å²) in [6, 6.07) is 6.61. The Labute approximate surface area is 123 Å². The van der Waals surface area contributed by atoms with E-state index in [2.05, 4.69) is 27.4 Å². The van der Waals surface area contributed by atoms with Crippen molar-refractivity contribution >= 4 is 0 Å². The number of halogens is 1. The monoisotopic (exact) mass is 290 g/mol. The lowest BCUT2D eigenvalue weighted by Crippen LogP contribution is -2.44. The molecule has 21 heavy (non-hydrogen) atoms. The Morgan fingerprint density at radius 1 is 1.48 bits per heavy atom. The van der Waals surface area contributed by atoms with Crippen LogP contribution in [0.1, 0.15) is 36.2 Å². The first-order chi connectivity index (χ1) is 10.1. The third-order valence-corrected chi connectivity index (χ3v) is 3.99. The Bertz CT molecular complexity index is 615. The van der Waals surface area contributed by atoms with E-state index >= 15 is 0 Å². The molecule has 0 bridgehead atoms. The summed E-state index contributed by atoms with van der Waals surface area (Å²) in [5.74, 6) is 0.830. The van der Waals surface area contributed by atoms with Crippen LogP contribution in [0.5, 0.6) is 0 Å². The summed E-state index contributed by atoms with van der Waals surface area (Å²) in [5.41, 5.74) is 0.834. The van der Waals surface area contributed by atoms with Gasteiger partial charge in [-0.2, -0.15) is 4.98 Å². The highest BCUT2D eigenvalue weighted by Gasteiger charge is 2.26. The number of rotatable bonds is 3. The van der Waals surface area contributed by atoms with E-state index in [0.717, 1.165) is 25.2 Å². The van der Waals surface area contributed by atoms with E-state index in [1.165, 1.54) is 12.1 Å². The molecule has 1 fully saturated rings. The van der Waals surface area contributed by atoms with Crippen LogP contribution in [0.4, 0.5) is 4.39 Å². The summed E-state index contributed by atoms with van der Waals surface area (Å²) in [7, 11) is 2.05. The molecule has 5 nitrogen and oxygen atoms in total. The van der Waals surface area contributed by atoms with Crippen molar-refractivity contribution < 1.29 is 8.91 Å². The second kappa shape index (κ2) is 5.91. The van der Waals surface area contributed by atoms with Gasteiger partial charge >= 0.3 is 0 Å². The van der Waals surface area contributed by atoms with Gasteiger partial charge in [-0.15, -0.1) is 0 Å². The summed E-state index contributed by atoms with van der Waals surface area (Å²) < 4.78 is 18.7. The Balaban J connectivity index is 1.81. The van der Waals surface area contributed by atoms with Crippen molar-refractivity contribution in [3.05, 3.63) is 47.4 Å². The van der Waals surface area contributed by atoms with Crippen LogP contribution in [0.2, 0.25) is 0 Å². The molecule has 2 aromatic rings. The zero-order valence-electron chi connectivity index (χ0n) is 12.2. The number of hydrogen-bond acceptors (Lipinski definition) is 5. The maximum atomic E-state index is 13.3. The molecule has 0 aliphatic carbocycles. The molecule has 0 amide bonds. The minimum atomic E-state index is -0.254. The Morgan fingerprint density at radius 2 is 2.33 bits per heavy atom. The van der Waals surface area contributed by atoms with Gasteiger partial charge in [0.05, 0.1) is 12.0 Å². The van der Waals surface area contributed by atoms with E-state index in [1.54, 1.807) is 6.07 Å². The number of aromatic nitrogens is 2. The number of nitrogens with zero attached hydrogens (tertiary/aromatic N) is 3. The second-order valence-electron chi connectivity index (χ2n) is 5.47. The molecule has 1 N–H and O–H groups in total. The fraction of sp³-hybridized carbons (Fsp3) is 0.467. The molecule has 3 rings (SSSR count). The molecule has 0 spiro atoms. The number of piperazine rings is 1. The SMILES string of the molecule is CC(c1cccc(F)c1)c1nc(C2CNCCN2C)no1. The van der Waals surface area contributed by atoms with Gasteiger partial charge in [0.2, 0.25) is 5.89 Å². The van der Waals surface area contributed by atoms with E-state index in [0.29, 0.717) is 11.7 Å². The summed E-state index contributed by atoms with van der Waals surface area (Å²) in [5, 5.41) is 7.43. The molecule has 1 aliphatic rings. The number of benzene rings is 1. The third-order valence-electron chi connectivity index (χ3n) is 3.99. The molecule has 2 unspecified atom stereocenters. The lowest BCUT2D eigenvalue weighted by Gasteiger charge is -2.30. The van der Waals surface area contributed by atoms with Crippen LogP contribution in [0, 0.1) is 5.82 Å². The van der Waals surface area contributed by atoms with Crippen molar-refractivity contribution in [1.29, 1.82) is 0 Å². The van der Waals surface area contributed by atoms with E-state index in [1.807, 2.05) is 13.0 Å². The van der Waals surface area contributed by atoms with Gasteiger partial charge in [-0.3, -0.25) is 4.90 Å². The summed E-state index contributed by atoms with van der Waals surface area (Å²) in [6.45, 7) is 4.67. The fourth-order valence-electron chi connectivity index (χ4n) is 2.57. The molecule has 2 heterocycles. The third kappa shape index (κ3) is 2.96.